The van der Waals surface area contributed by atoms with Gasteiger partial charge in [0, 0.05) is 24.4 Å². The van der Waals surface area contributed by atoms with Crippen LogP contribution in [0.4, 0.5) is 0 Å². The van der Waals surface area contributed by atoms with E-state index < -0.39 is 0 Å². The first-order valence-electron chi connectivity index (χ1n) is 6.86. The molecule has 1 aliphatic rings. The van der Waals surface area contributed by atoms with Crippen LogP contribution in [0.1, 0.15) is 56.7 Å². The molecule has 0 amide bonds. The van der Waals surface area contributed by atoms with Gasteiger partial charge in [-0.1, -0.05) is 13.8 Å². The molecule has 0 saturated heterocycles. The molecule has 0 spiro atoms. The van der Waals surface area contributed by atoms with Crippen LogP contribution in [0.15, 0.2) is 5.38 Å². The second-order valence-electron chi connectivity index (χ2n) is 5.44. The van der Waals surface area contributed by atoms with Gasteiger partial charge in [-0.3, -0.25) is 0 Å². The molecule has 0 atom stereocenters. The first-order valence-corrected chi connectivity index (χ1v) is 7.74. The number of nitrogens with two attached hydrogens (primary N) is 1. The van der Waals surface area contributed by atoms with Crippen molar-refractivity contribution in [2.45, 2.75) is 63.5 Å². The van der Waals surface area contributed by atoms with Crippen LogP contribution in [-0.4, -0.2) is 17.6 Å². The van der Waals surface area contributed by atoms with E-state index in [1.165, 1.54) is 6.42 Å². The van der Waals surface area contributed by atoms with E-state index >= 15 is 0 Å². The number of aromatic nitrogens is 1. The van der Waals surface area contributed by atoms with Crippen LogP contribution in [-0.2, 0) is 16.8 Å². The Hall–Kier alpha value is -0.450. The molecule has 0 bridgehead atoms. The predicted molar refractivity (Wildman–Crippen MR) is 75.9 cm³/mol. The van der Waals surface area contributed by atoms with Gasteiger partial charge in [0.1, 0.15) is 10.6 Å². The highest BCUT2D eigenvalue weighted by Crippen LogP contribution is 2.37. The maximum atomic E-state index is 6.28. The van der Waals surface area contributed by atoms with Crippen molar-refractivity contribution in [1.29, 1.82) is 0 Å². The quantitative estimate of drug-likeness (QED) is 0.861. The fraction of sp³-hybridized carbons (Fsp3) is 0.786. The first-order chi connectivity index (χ1) is 8.57. The predicted octanol–water partition coefficient (Wildman–Crippen LogP) is 3.23. The summed E-state index contributed by atoms with van der Waals surface area (Å²) in [6.45, 7) is 4.31. The van der Waals surface area contributed by atoms with E-state index in [-0.39, 0.29) is 11.1 Å². The van der Waals surface area contributed by atoms with Gasteiger partial charge in [0.15, 0.2) is 0 Å². The summed E-state index contributed by atoms with van der Waals surface area (Å²) in [4.78, 5) is 4.78. The van der Waals surface area contributed by atoms with Gasteiger partial charge in [0.2, 0.25) is 0 Å². The molecule has 1 saturated carbocycles. The average molecular weight is 268 g/mol. The van der Waals surface area contributed by atoms with Gasteiger partial charge in [-0.2, -0.15) is 0 Å². The lowest BCUT2D eigenvalue weighted by atomic mass is 9.75. The lowest BCUT2D eigenvalue weighted by molar-refractivity contribution is -0.0220. The highest BCUT2D eigenvalue weighted by atomic mass is 32.1. The summed E-state index contributed by atoms with van der Waals surface area (Å²) < 4.78 is 5.72. The highest BCUT2D eigenvalue weighted by Gasteiger charge is 2.35. The van der Waals surface area contributed by atoms with Gasteiger partial charge < -0.3 is 10.5 Å². The van der Waals surface area contributed by atoms with Crippen molar-refractivity contribution in [2.24, 2.45) is 5.73 Å². The molecule has 1 aliphatic carbocycles. The van der Waals surface area contributed by atoms with Crippen LogP contribution in [0.3, 0.4) is 0 Å². The third-order valence-electron chi connectivity index (χ3n) is 4.36. The van der Waals surface area contributed by atoms with Crippen LogP contribution in [0.25, 0.3) is 0 Å². The van der Waals surface area contributed by atoms with E-state index in [2.05, 4.69) is 19.2 Å². The largest absolute Gasteiger partial charge is 0.371 e. The number of ether oxygens (including phenoxy) is 1. The number of methoxy groups -OCH3 is 1. The smallest absolute Gasteiger partial charge is 0.125 e. The normalized spacial score (nSPS) is 18.7. The molecule has 0 radical (unpaired) electrons. The monoisotopic (exact) mass is 268 g/mol. The van der Waals surface area contributed by atoms with Crippen molar-refractivity contribution >= 4 is 11.3 Å². The van der Waals surface area contributed by atoms with Gasteiger partial charge in [-0.15, -0.1) is 11.3 Å². The zero-order valence-corrected chi connectivity index (χ0v) is 12.5. The first kappa shape index (κ1) is 14.0. The summed E-state index contributed by atoms with van der Waals surface area (Å²) in [6, 6.07) is 0. The molecule has 0 unspecified atom stereocenters. The summed E-state index contributed by atoms with van der Waals surface area (Å²) in [5.74, 6) is 0. The van der Waals surface area contributed by atoms with E-state index in [4.69, 9.17) is 15.5 Å². The maximum absolute atomic E-state index is 6.28. The molecular formula is C14H24N2OS. The summed E-state index contributed by atoms with van der Waals surface area (Å²) in [5.41, 5.74) is 7.23. The molecule has 3 nitrogen and oxygen atoms in total. The second kappa shape index (κ2) is 5.27. The molecule has 1 aromatic rings. The highest BCUT2D eigenvalue weighted by molar-refractivity contribution is 7.09. The minimum absolute atomic E-state index is 0.0134. The van der Waals surface area contributed by atoms with Crippen molar-refractivity contribution in [3.05, 3.63) is 16.1 Å². The Morgan fingerprint density at radius 1 is 1.44 bits per heavy atom. The lowest BCUT2D eigenvalue weighted by Crippen LogP contribution is -2.48. The van der Waals surface area contributed by atoms with Gasteiger partial charge in [-0.25, -0.2) is 4.98 Å². The summed E-state index contributed by atoms with van der Waals surface area (Å²) in [6.07, 6.45) is 6.37. The Bertz CT molecular complexity index is 386. The molecule has 0 aliphatic heterocycles. The SMILES string of the molecule is CCC(CC)(OC)c1nc(CC2(N)CCC2)cs1. The van der Waals surface area contributed by atoms with Crippen molar-refractivity contribution in [3.8, 4) is 0 Å². The summed E-state index contributed by atoms with van der Waals surface area (Å²) >= 11 is 1.71. The van der Waals surface area contributed by atoms with Crippen molar-refractivity contribution in [1.82, 2.24) is 4.98 Å². The van der Waals surface area contributed by atoms with Crippen LogP contribution in [0.2, 0.25) is 0 Å². The van der Waals surface area contributed by atoms with Crippen LogP contribution < -0.4 is 5.73 Å². The molecule has 102 valence electrons. The van der Waals surface area contributed by atoms with Gasteiger partial charge in [-0.05, 0) is 32.1 Å². The summed E-state index contributed by atoms with van der Waals surface area (Å²) in [5, 5.41) is 3.26. The van der Waals surface area contributed by atoms with E-state index in [1.54, 1.807) is 18.4 Å². The lowest BCUT2D eigenvalue weighted by Gasteiger charge is -2.37. The molecule has 18 heavy (non-hydrogen) atoms. The van der Waals surface area contributed by atoms with Crippen molar-refractivity contribution in [3.63, 3.8) is 0 Å². The Kier molecular flexibility index (Phi) is 4.09. The standard InChI is InChI=1S/C14H24N2OS/c1-4-14(5-2,17-3)12-16-11(10-18-12)9-13(15)7-6-8-13/h10H,4-9,15H2,1-3H3. The topological polar surface area (TPSA) is 48.1 Å². The fourth-order valence-electron chi connectivity index (χ4n) is 2.69. The van der Waals surface area contributed by atoms with Gasteiger partial charge >= 0.3 is 0 Å². The molecule has 0 aromatic carbocycles. The molecule has 1 heterocycles. The molecule has 4 heteroatoms. The van der Waals surface area contributed by atoms with Gasteiger partial charge in [0.25, 0.3) is 0 Å². The second-order valence-corrected chi connectivity index (χ2v) is 6.30. The molecule has 2 N–H and O–H groups in total. The average Bonchev–Trinajstić information content (AvgIpc) is 2.79. The molecule has 1 fully saturated rings. The Labute approximate surface area is 114 Å². The van der Waals surface area contributed by atoms with Crippen LogP contribution >= 0.6 is 11.3 Å². The zero-order valence-electron chi connectivity index (χ0n) is 11.7. The maximum Gasteiger partial charge on any atom is 0.125 e. The van der Waals surface area contributed by atoms with Crippen LogP contribution in [0.5, 0.6) is 0 Å². The van der Waals surface area contributed by atoms with E-state index in [9.17, 15) is 0 Å². The Morgan fingerprint density at radius 3 is 2.56 bits per heavy atom. The number of hydrogen-bond acceptors (Lipinski definition) is 4. The number of hydrogen-bond donors (Lipinski definition) is 1. The van der Waals surface area contributed by atoms with E-state index in [0.29, 0.717) is 0 Å². The van der Waals surface area contributed by atoms with Crippen LogP contribution in [0, 0.1) is 0 Å². The molecule has 1 aromatic heterocycles. The van der Waals surface area contributed by atoms with E-state index in [0.717, 1.165) is 42.8 Å². The third-order valence-corrected chi connectivity index (χ3v) is 5.43. The number of rotatable bonds is 6. The summed E-state index contributed by atoms with van der Waals surface area (Å²) in [7, 11) is 1.78. The third kappa shape index (κ3) is 2.46. The van der Waals surface area contributed by atoms with E-state index in [1.807, 2.05) is 0 Å². The number of nitrogens with zero attached hydrogens (tertiary/aromatic N) is 1. The zero-order chi connectivity index (χ0) is 13.2. The Balaban J connectivity index is 2.13. The molecule has 2 rings (SSSR count). The minimum atomic E-state index is -0.204. The van der Waals surface area contributed by atoms with Crippen molar-refractivity contribution in [2.75, 3.05) is 7.11 Å². The number of thiazole rings is 1. The fourth-order valence-corrected chi connectivity index (χ4v) is 3.83. The van der Waals surface area contributed by atoms with Gasteiger partial charge in [0.05, 0.1) is 5.69 Å². The minimum Gasteiger partial charge on any atom is -0.371 e. The van der Waals surface area contributed by atoms with Crippen molar-refractivity contribution < 1.29 is 4.74 Å². The molecular weight excluding hydrogens is 244 g/mol. The Morgan fingerprint density at radius 2 is 2.11 bits per heavy atom.